The summed E-state index contributed by atoms with van der Waals surface area (Å²) in [6, 6.07) is 5.67. The van der Waals surface area contributed by atoms with Crippen LogP contribution in [0.3, 0.4) is 0 Å². The van der Waals surface area contributed by atoms with Crippen LogP contribution < -0.4 is 10.9 Å². The van der Waals surface area contributed by atoms with Gasteiger partial charge in [0.15, 0.2) is 5.65 Å². The zero-order chi connectivity index (χ0) is 20.0. The van der Waals surface area contributed by atoms with Crippen LogP contribution in [0.15, 0.2) is 29.2 Å². The van der Waals surface area contributed by atoms with Gasteiger partial charge in [-0.05, 0) is 44.4 Å². The van der Waals surface area contributed by atoms with Gasteiger partial charge in [0.2, 0.25) is 0 Å². The zero-order valence-electron chi connectivity index (χ0n) is 16.4. The number of fused-ring (bicyclic) bond motifs is 2. The number of amides is 1. The van der Waals surface area contributed by atoms with E-state index in [1.807, 2.05) is 0 Å². The molecule has 0 radical (unpaired) electrons. The quantitative estimate of drug-likeness (QED) is 0.510. The number of nitrogens with one attached hydrogen (secondary N) is 3. The molecule has 0 aliphatic heterocycles. The fraction of sp³-hybridized carbons (Fsp3) is 0.286. The number of H-pyrrole nitrogens is 2. The summed E-state index contributed by atoms with van der Waals surface area (Å²) in [4.78, 5) is 32.0. The number of nitrogens with zero attached hydrogens (tertiary/aromatic N) is 2. The van der Waals surface area contributed by atoms with E-state index in [4.69, 9.17) is 0 Å². The van der Waals surface area contributed by atoms with Crippen molar-refractivity contribution in [1.29, 1.82) is 0 Å². The van der Waals surface area contributed by atoms with Crippen LogP contribution in [-0.2, 0) is 13.0 Å². The van der Waals surface area contributed by atoms with Crippen LogP contribution >= 0.6 is 0 Å². The van der Waals surface area contributed by atoms with E-state index in [2.05, 4.69) is 53.3 Å². The fourth-order valence-corrected chi connectivity index (χ4v) is 3.78. The number of aromatic nitrogens is 4. The Morgan fingerprint density at radius 1 is 1.21 bits per heavy atom. The van der Waals surface area contributed by atoms with E-state index in [0.29, 0.717) is 23.4 Å². The molecule has 3 N–H and O–H groups in total. The Kier molecular flexibility index (Phi) is 4.30. The smallest absolute Gasteiger partial charge is 0.266 e. The van der Waals surface area contributed by atoms with Gasteiger partial charge in [-0.3, -0.25) is 14.7 Å². The largest absolute Gasteiger partial charge is 0.358 e. The first-order valence-corrected chi connectivity index (χ1v) is 9.35. The van der Waals surface area contributed by atoms with Gasteiger partial charge in [-0.1, -0.05) is 18.6 Å². The number of carbonyl (C=O) groups is 1. The van der Waals surface area contributed by atoms with Crippen LogP contribution in [0.5, 0.6) is 0 Å². The van der Waals surface area contributed by atoms with Crippen molar-refractivity contribution < 1.29 is 4.79 Å². The monoisotopic (exact) mass is 377 g/mol. The van der Waals surface area contributed by atoms with Gasteiger partial charge in [0.25, 0.3) is 11.5 Å². The molecule has 3 aromatic heterocycles. The van der Waals surface area contributed by atoms with Gasteiger partial charge in [0, 0.05) is 29.9 Å². The van der Waals surface area contributed by atoms with Crippen LogP contribution in [0.1, 0.15) is 45.4 Å². The molecule has 28 heavy (non-hydrogen) atoms. The Morgan fingerprint density at radius 2 is 2.00 bits per heavy atom. The number of aromatic amines is 2. The lowest BCUT2D eigenvalue weighted by atomic mass is 10.0. The molecule has 0 unspecified atom stereocenters. The minimum atomic E-state index is -0.246. The van der Waals surface area contributed by atoms with Crippen molar-refractivity contribution in [2.75, 3.05) is 0 Å². The summed E-state index contributed by atoms with van der Waals surface area (Å²) in [6.45, 7) is 8.50. The molecule has 144 valence electrons. The molecule has 0 saturated carbocycles. The van der Waals surface area contributed by atoms with Crippen molar-refractivity contribution in [3.63, 3.8) is 0 Å². The average Bonchev–Trinajstić information content (AvgIpc) is 3.20. The minimum Gasteiger partial charge on any atom is -0.358 e. The molecule has 4 rings (SSSR count). The molecule has 0 aliphatic carbocycles. The highest BCUT2D eigenvalue weighted by molar-refractivity contribution is 5.95. The highest BCUT2D eigenvalue weighted by Gasteiger charge is 2.15. The van der Waals surface area contributed by atoms with Gasteiger partial charge in [0.1, 0.15) is 0 Å². The standard InChI is InChI=1S/C21H23N5O2/c1-5-17-12(3)15-7-11(2)6-14(20(15)24-17)9-23-21(28)16-10-22-18-8-19(27)25-26(18)13(16)4/h6-8,10,24H,5,9H2,1-4H3,(H,23,28)(H,25,27). The first kappa shape index (κ1) is 18.0. The minimum absolute atomic E-state index is 0.227. The summed E-state index contributed by atoms with van der Waals surface area (Å²) in [6.07, 6.45) is 2.44. The molecule has 0 fully saturated rings. The molecule has 0 aliphatic rings. The summed E-state index contributed by atoms with van der Waals surface area (Å²) in [5.74, 6) is -0.227. The molecule has 0 atom stereocenters. The van der Waals surface area contributed by atoms with E-state index < -0.39 is 0 Å². The normalized spacial score (nSPS) is 11.4. The maximum atomic E-state index is 12.8. The highest BCUT2D eigenvalue weighted by atomic mass is 16.1. The topological polar surface area (TPSA) is 95.0 Å². The molecule has 0 bridgehead atoms. The van der Waals surface area contributed by atoms with E-state index in [0.717, 1.165) is 23.1 Å². The number of hydrogen-bond donors (Lipinski definition) is 3. The van der Waals surface area contributed by atoms with Gasteiger partial charge in [-0.15, -0.1) is 0 Å². The molecule has 0 saturated heterocycles. The molecular weight excluding hydrogens is 354 g/mol. The Hall–Kier alpha value is -3.35. The average molecular weight is 377 g/mol. The van der Waals surface area contributed by atoms with Crippen molar-refractivity contribution in [2.45, 2.75) is 40.7 Å². The van der Waals surface area contributed by atoms with Crippen molar-refractivity contribution in [3.8, 4) is 0 Å². The lowest BCUT2D eigenvalue weighted by molar-refractivity contribution is 0.0949. The second-order valence-electron chi connectivity index (χ2n) is 7.18. The Labute approximate surface area is 161 Å². The molecule has 7 heteroatoms. The van der Waals surface area contributed by atoms with Gasteiger partial charge >= 0.3 is 0 Å². The van der Waals surface area contributed by atoms with E-state index in [-0.39, 0.29) is 11.5 Å². The van der Waals surface area contributed by atoms with Crippen molar-refractivity contribution >= 4 is 22.5 Å². The molecule has 3 heterocycles. The van der Waals surface area contributed by atoms with Crippen LogP contribution in [0.25, 0.3) is 16.6 Å². The first-order valence-electron chi connectivity index (χ1n) is 9.35. The van der Waals surface area contributed by atoms with Gasteiger partial charge < -0.3 is 10.3 Å². The Bertz CT molecular complexity index is 1280. The number of hydrogen-bond acceptors (Lipinski definition) is 3. The number of benzene rings is 1. The lowest BCUT2D eigenvalue weighted by Gasteiger charge is -2.10. The fourth-order valence-electron chi connectivity index (χ4n) is 3.78. The molecule has 4 aromatic rings. The van der Waals surface area contributed by atoms with Crippen LogP contribution in [-0.4, -0.2) is 25.5 Å². The molecule has 1 aromatic carbocycles. The summed E-state index contributed by atoms with van der Waals surface area (Å²) in [7, 11) is 0. The van der Waals surface area contributed by atoms with E-state index in [1.165, 1.54) is 33.4 Å². The molecular formula is C21H23N5O2. The maximum absolute atomic E-state index is 12.8. The SMILES string of the molecule is CCc1[nH]c2c(CNC(=O)c3cnc4cc(=O)[nH]n4c3C)cc(C)cc2c1C. The number of aryl methyl sites for hydroxylation is 4. The summed E-state index contributed by atoms with van der Waals surface area (Å²) in [5.41, 5.74) is 7.07. The summed E-state index contributed by atoms with van der Waals surface area (Å²) >= 11 is 0. The van der Waals surface area contributed by atoms with Crippen molar-refractivity contribution in [1.82, 2.24) is 24.9 Å². The van der Waals surface area contributed by atoms with Gasteiger partial charge in [0.05, 0.1) is 16.8 Å². The Morgan fingerprint density at radius 3 is 2.75 bits per heavy atom. The third-order valence-electron chi connectivity index (χ3n) is 5.30. The van der Waals surface area contributed by atoms with Crippen molar-refractivity contribution in [2.24, 2.45) is 0 Å². The highest BCUT2D eigenvalue weighted by Crippen LogP contribution is 2.26. The number of rotatable bonds is 4. The predicted octanol–water partition coefficient (Wildman–Crippen LogP) is 2.92. The molecule has 0 spiro atoms. The van der Waals surface area contributed by atoms with Crippen molar-refractivity contribution in [3.05, 3.63) is 68.4 Å². The second-order valence-corrected chi connectivity index (χ2v) is 7.18. The van der Waals surface area contributed by atoms with Crippen LogP contribution in [0.2, 0.25) is 0 Å². The predicted molar refractivity (Wildman–Crippen MR) is 109 cm³/mol. The maximum Gasteiger partial charge on any atom is 0.266 e. The third kappa shape index (κ3) is 2.89. The van der Waals surface area contributed by atoms with E-state index >= 15 is 0 Å². The van der Waals surface area contributed by atoms with Crippen LogP contribution in [0, 0.1) is 20.8 Å². The zero-order valence-corrected chi connectivity index (χ0v) is 16.4. The van der Waals surface area contributed by atoms with E-state index in [9.17, 15) is 9.59 Å². The lowest BCUT2D eigenvalue weighted by Crippen LogP contribution is -2.25. The number of carbonyl (C=O) groups excluding carboxylic acids is 1. The second kappa shape index (κ2) is 6.67. The van der Waals surface area contributed by atoms with E-state index in [1.54, 1.807) is 6.92 Å². The van der Waals surface area contributed by atoms with Crippen LogP contribution in [0.4, 0.5) is 0 Å². The third-order valence-corrected chi connectivity index (χ3v) is 5.30. The molecule has 1 amide bonds. The molecule has 7 nitrogen and oxygen atoms in total. The summed E-state index contributed by atoms with van der Waals surface area (Å²) < 4.78 is 1.53. The summed E-state index contributed by atoms with van der Waals surface area (Å²) in [5, 5.41) is 6.85. The van der Waals surface area contributed by atoms with Gasteiger partial charge in [-0.2, -0.15) is 0 Å². The van der Waals surface area contributed by atoms with Gasteiger partial charge in [-0.25, -0.2) is 9.50 Å². The first-order chi connectivity index (χ1) is 13.4. The Balaban J connectivity index is 1.65.